The van der Waals surface area contributed by atoms with Gasteiger partial charge in [-0.1, -0.05) is 12.2 Å². The van der Waals surface area contributed by atoms with Crippen molar-refractivity contribution in [1.29, 1.82) is 0 Å². The van der Waals surface area contributed by atoms with E-state index in [4.69, 9.17) is 10.8 Å². The summed E-state index contributed by atoms with van der Waals surface area (Å²) >= 11 is 0. The van der Waals surface area contributed by atoms with Gasteiger partial charge in [0.05, 0.1) is 6.61 Å². The molecule has 0 saturated carbocycles. The molecular formula is C5H11NO. The van der Waals surface area contributed by atoms with Gasteiger partial charge in [0, 0.05) is 6.54 Å². The van der Waals surface area contributed by atoms with Crippen LogP contribution < -0.4 is 5.73 Å². The summed E-state index contributed by atoms with van der Waals surface area (Å²) in [5.74, 6) is 0. The molecule has 1 aliphatic rings. The molecule has 0 aromatic carbocycles. The maximum Gasteiger partial charge on any atom is 0.0553 e. The summed E-state index contributed by atoms with van der Waals surface area (Å²) in [7, 11) is 0. The van der Waals surface area contributed by atoms with Crippen LogP contribution in [0.3, 0.4) is 0 Å². The lowest BCUT2D eigenvalue weighted by Crippen LogP contribution is -2.02. The van der Waals surface area contributed by atoms with Crippen molar-refractivity contribution in [1.82, 2.24) is 0 Å². The molecule has 0 aromatic rings. The van der Waals surface area contributed by atoms with Crippen LogP contribution in [0.15, 0.2) is 12.2 Å². The van der Waals surface area contributed by atoms with Crippen LogP contribution in [-0.2, 0) is 0 Å². The van der Waals surface area contributed by atoms with Gasteiger partial charge in [-0.05, 0) is 6.42 Å². The number of hydrogen-bond acceptors (Lipinski definition) is 2. The zero-order valence-corrected chi connectivity index (χ0v) is 4.30. The minimum Gasteiger partial charge on any atom is -0.395 e. The maximum absolute atomic E-state index is 7.75. The van der Waals surface area contributed by atoms with Crippen molar-refractivity contribution in [2.45, 2.75) is 6.42 Å². The van der Waals surface area contributed by atoms with E-state index in [-0.39, 0.29) is 6.61 Å². The summed E-state index contributed by atoms with van der Waals surface area (Å²) in [4.78, 5) is 0. The first-order chi connectivity index (χ1) is 3.41. The van der Waals surface area contributed by atoms with E-state index in [9.17, 15) is 0 Å². The van der Waals surface area contributed by atoms with Crippen molar-refractivity contribution in [2.75, 3.05) is 13.2 Å². The molecule has 0 spiro atoms. The second-order valence-corrected chi connectivity index (χ2v) is 1.22. The van der Waals surface area contributed by atoms with E-state index in [0.717, 1.165) is 0 Å². The molecule has 42 valence electrons. The molecule has 1 aliphatic carbocycles. The summed E-state index contributed by atoms with van der Waals surface area (Å²) < 4.78 is 0. The quantitative estimate of drug-likeness (QED) is 0.452. The van der Waals surface area contributed by atoms with Crippen molar-refractivity contribution < 1.29 is 5.11 Å². The fourth-order valence-corrected chi connectivity index (χ4v) is 0. The molecule has 2 nitrogen and oxygen atoms in total. The van der Waals surface area contributed by atoms with E-state index in [2.05, 4.69) is 12.2 Å². The molecular weight excluding hydrogens is 90.1 g/mol. The lowest BCUT2D eigenvalue weighted by Gasteiger charge is -1.71. The largest absolute Gasteiger partial charge is 0.395 e. The van der Waals surface area contributed by atoms with Crippen molar-refractivity contribution in [3.05, 3.63) is 12.2 Å². The molecule has 7 heavy (non-hydrogen) atoms. The smallest absolute Gasteiger partial charge is 0.0553 e. The Balaban J connectivity index is 0.000000105. The van der Waals surface area contributed by atoms with Crippen LogP contribution >= 0.6 is 0 Å². The van der Waals surface area contributed by atoms with Crippen molar-refractivity contribution >= 4 is 0 Å². The van der Waals surface area contributed by atoms with E-state index in [0.29, 0.717) is 6.54 Å². The third-order valence-corrected chi connectivity index (χ3v) is 0.365. The van der Waals surface area contributed by atoms with Gasteiger partial charge in [0.25, 0.3) is 0 Å². The van der Waals surface area contributed by atoms with Gasteiger partial charge in [0.1, 0.15) is 0 Å². The molecule has 0 atom stereocenters. The van der Waals surface area contributed by atoms with Crippen molar-refractivity contribution in [2.24, 2.45) is 5.73 Å². The van der Waals surface area contributed by atoms with E-state index in [1.165, 1.54) is 6.42 Å². The van der Waals surface area contributed by atoms with Gasteiger partial charge < -0.3 is 10.8 Å². The van der Waals surface area contributed by atoms with Crippen LogP contribution in [0.2, 0.25) is 0 Å². The SMILES string of the molecule is C1=CC1.NCCO. The second kappa shape index (κ2) is 5.66. The summed E-state index contributed by atoms with van der Waals surface area (Å²) in [6, 6.07) is 0. The number of hydrogen-bond donors (Lipinski definition) is 2. The highest BCUT2D eigenvalue weighted by Crippen LogP contribution is 1.96. The molecule has 0 heterocycles. The summed E-state index contributed by atoms with van der Waals surface area (Å²) in [5, 5.41) is 7.75. The first kappa shape index (κ1) is 6.66. The Bertz CT molecular complexity index is 46.0. The third kappa shape index (κ3) is 27.5. The Kier molecular flexibility index (Phi) is 5.39. The van der Waals surface area contributed by atoms with Crippen LogP contribution in [-0.4, -0.2) is 18.3 Å². The number of nitrogens with two attached hydrogens (primary N) is 1. The van der Waals surface area contributed by atoms with Crippen LogP contribution in [0.5, 0.6) is 0 Å². The highest BCUT2D eigenvalue weighted by Gasteiger charge is 1.75. The number of aliphatic hydroxyl groups excluding tert-OH is 1. The third-order valence-electron chi connectivity index (χ3n) is 0.365. The van der Waals surface area contributed by atoms with Crippen LogP contribution in [0, 0.1) is 0 Å². The van der Waals surface area contributed by atoms with Crippen molar-refractivity contribution in [3.8, 4) is 0 Å². The van der Waals surface area contributed by atoms with Crippen molar-refractivity contribution in [3.63, 3.8) is 0 Å². The molecule has 0 unspecified atom stereocenters. The highest BCUT2D eigenvalue weighted by molar-refractivity contribution is 5.02. The molecule has 1 rings (SSSR count). The molecule has 0 aliphatic heterocycles. The first-order valence-electron chi connectivity index (χ1n) is 2.37. The number of aliphatic hydroxyl groups is 1. The average Bonchev–Trinajstić information content (AvgIpc) is 2.47. The van der Waals surface area contributed by atoms with Gasteiger partial charge in [-0.2, -0.15) is 0 Å². The maximum atomic E-state index is 7.75. The van der Waals surface area contributed by atoms with E-state index < -0.39 is 0 Å². The van der Waals surface area contributed by atoms with Gasteiger partial charge in [-0.25, -0.2) is 0 Å². The molecule has 0 aromatic heterocycles. The van der Waals surface area contributed by atoms with Crippen LogP contribution in [0.25, 0.3) is 0 Å². The molecule has 2 heteroatoms. The highest BCUT2D eigenvalue weighted by atomic mass is 16.3. The Labute approximate surface area is 43.6 Å². The minimum absolute atomic E-state index is 0.0972. The molecule has 0 amide bonds. The average molecular weight is 101 g/mol. The zero-order valence-electron chi connectivity index (χ0n) is 4.30. The predicted octanol–water partition coefficient (Wildman–Crippen LogP) is -0.116. The summed E-state index contributed by atoms with van der Waals surface area (Å²) in [6.45, 7) is 0.472. The number of rotatable bonds is 1. The number of allylic oxidation sites excluding steroid dienone is 2. The second-order valence-electron chi connectivity index (χ2n) is 1.22. The monoisotopic (exact) mass is 101 g/mol. The first-order valence-corrected chi connectivity index (χ1v) is 2.37. The van der Waals surface area contributed by atoms with Gasteiger partial charge in [0.2, 0.25) is 0 Å². The molecule has 0 bridgehead atoms. The van der Waals surface area contributed by atoms with Gasteiger partial charge in [-0.15, -0.1) is 0 Å². The van der Waals surface area contributed by atoms with E-state index in [1.54, 1.807) is 0 Å². The van der Waals surface area contributed by atoms with E-state index in [1.807, 2.05) is 0 Å². The summed E-state index contributed by atoms with van der Waals surface area (Å²) in [5.41, 5.74) is 4.78. The van der Waals surface area contributed by atoms with E-state index >= 15 is 0 Å². The topological polar surface area (TPSA) is 46.2 Å². The Hall–Kier alpha value is -0.340. The molecule has 3 N–H and O–H groups in total. The van der Waals surface area contributed by atoms with Crippen LogP contribution in [0.1, 0.15) is 6.42 Å². The fourth-order valence-electron chi connectivity index (χ4n) is 0. The lowest BCUT2D eigenvalue weighted by atomic mass is 10.8. The molecule has 0 fully saturated rings. The normalized spacial score (nSPS) is 12.3. The van der Waals surface area contributed by atoms with Gasteiger partial charge in [-0.3, -0.25) is 0 Å². The fraction of sp³-hybridized carbons (Fsp3) is 0.600. The zero-order chi connectivity index (χ0) is 5.54. The van der Waals surface area contributed by atoms with Gasteiger partial charge in [0.15, 0.2) is 0 Å². The van der Waals surface area contributed by atoms with Gasteiger partial charge >= 0.3 is 0 Å². The molecule has 0 radical (unpaired) electrons. The Morgan fingerprint density at radius 3 is 1.86 bits per heavy atom. The molecule has 0 saturated heterocycles. The lowest BCUT2D eigenvalue weighted by molar-refractivity contribution is 0.306. The Morgan fingerprint density at radius 1 is 1.57 bits per heavy atom. The minimum atomic E-state index is 0.0972. The summed E-state index contributed by atoms with van der Waals surface area (Å²) in [6.07, 6.45) is 5.50. The standard InChI is InChI=1S/C3H4.C2H7NO/c1-2-3-1;3-1-2-4/h1-2H,3H2;4H,1-3H2. The van der Waals surface area contributed by atoms with Crippen LogP contribution in [0.4, 0.5) is 0 Å². The Morgan fingerprint density at radius 2 is 1.86 bits per heavy atom. The predicted molar refractivity (Wildman–Crippen MR) is 29.9 cm³/mol.